The minimum atomic E-state index is -1.68. The van der Waals surface area contributed by atoms with E-state index in [0.29, 0.717) is 6.42 Å². The average molecular weight is 799 g/mol. The molecule has 1 heterocycles. The van der Waals surface area contributed by atoms with Crippen LogP contribution in [0.4, 0.5) is 4.79 Å². The van der Waals surface area contributed by atoms with Crippen LogP contribution in [0.3, 0.4) is 0 Å². The van der Waals surface area contributed by atoms with E-state index in [0.717, 1.165) is 11.8 Å². The maximum atomic E-state index is 13.7. The predicted octanol–water partition coefficient (Wildman–Crippen LogP) is -4.27. The van der Waals surface area contributed by atoms with Gasteiger partial charge in [0.2, 0.25) is 35.4 Å². The summed E-state index contributed by atoms with van der Waals surface area (Å²) in [5, 5.41) is 31.5. The number of hydrogen-bond acceptors (Lipinski definition) is 11. The quantitative estimate of drug-likeness (QED) is 0.0227. The van der Waals surface area contributed by atoms with Crippen LogP contribution in [-0.4, -0.2) is 130 Å². The Morgan fingerprint density at radius 3 is 1.89 bits per heavy atom. The molecule has 23 heteroatoms. The van der Waals surface area contributed by atoms with Gasteiger partial charge in [-0.3, -0.25) is 48.8 Å². The molecule has 23 nitrogen and oxygen atoms in total. The van der Waals surface area contributed by atoms with E-state index >= 15 is 0 Å². The van der Waals surface area contributed by atoms with Crippen molar-refractivity contribution in [3.63, 3.8) is 0 Å². The number of aliphatic hydroxyl groups excluding tert-OH is 1. The third-order valence-corrected chi connectivity index (χ3v) is 8.44. The third-order valence-electron chi connectivity index (χ3n) is 8.44. The van der Waals surface area contributed by atoms with Crippen LogP contribution in [0.5, 0.6) is 0 Å². The molecule has 1 aliphatic heterocycles. The van der Waals surface area contributed by atoms with E-state index in [1.54, 1.807) is 27.7 Å². The van der Waals surface area contributed by atoms with Crippen molar-refractivity contribution in [2.24, 2.45) is 34.0 Å². The number of carboxylic acids is 1. The Morgan fingerprint density at radius 1 is 0.768 bits per heavy atom. The van der Waals surface area contributed by atoms with Gasteiger partial charge in [-0.25, -0.2) is 10.2 Å². The zero-order valence-corrected chi connectivity index (χ0v) is 32.5. The van der Waals surface area contributed by atoms with Gasteiger partial charge in [-0.05, 0) is 50.9 Å². The number of nitrogens with two attached hydrogens (primary N) is 3. The third kappa shape index (κ3) is 16.7. The summed E-state index contributed by atoms with van der Waals surface area (Å²) in [5.74, 6) is -8.26. The van der Waals surface area contributed by atoms with Crippen LogP contribution in [0, 0.1) is 11.8 Å². The van der Waals surface area contributed by atoms with Gasteiger partial charge in [0.05, 0.1) is 12.5 Å². The molecule has 0 saturated carbocycles. The second-order valence-electron chi connectivity index (χ2n) is 14.2. The number of likely N-dealkylation sites (tertiary alicyclic amines) is 1. The van der Waals surface area contributed by atoms with Crippen LogP contribution < -0.4 is 54.6 Å². The summed E-state index contributed by atoms with van der Waals surface area (Å²) in [5.41, 5.74) is 20.3. The first-order chi connectivity index (χ1) is 26.0. The second kappa shape index (κ2) is 23.2. The fourth-order valence-electron chi connectivity index (χ4n) is 5.64. The number of carboxylic acid groups (broad SMARTS) is 1. The lowest BCUT2D eigenvalue weighted by atomic mass is 9.99. The van der Waals surface area contributed by atoms with Crippen LogP contribution in [0.25, 0.3) is 0 Å². The SMILES string of the molecule is CC(=O)N[C@H](C(=O)NNC(=O)N1CCC[C@H]1C(=O)N[C@@H](CC(C)C)C(=O)N[C@H](C(=O)N[C@@H](CC(=O)O)C(=O)N[C@@H](CCCN=C(N)N)C(N)=O)C(C)C)[C@@H](C)O. The number of guanidine groups is 1. The monoisotopic (exact) mass is 798 g/mol. The van der Waals surface area contributed by atoms with Crippen molar-refractivity contribution >= 4 is 59.3 Å². The van der Waals surface area contributed by atoms with Gasteiger partial charge in [-0.2, -0.15) is 0 Å². The number of aliphatic hydroxyl groups is 1. The molecule has 15 N–H and O–H groups in total. The molecule has 1 saturated heterocycles. The van der Waals surface area contributed by atoms with Crippen LogP contribution in [-0.2, 0) is 38.4 Å². The highest BCUT2D eigenvalue weighted by Crippen LogP contribution is 2.18. The van der Waals surface area contributed by atoms with Crippen molar-refractivity contribution < 1.29 is 53.4 Å². The zero-order valence-electron chi connectivity index (χ0n) is 32.5. The number of rotatable bonds is 21. The average Bonchev–Trinajstić information content (AvgIpc) is 3.58. The Morgan fingerprint density at radius 2 is 1.38 bits per heavy atom. The normalized spacial score (nSPS) is 16.9. The minimum Gasteiger partial charge on any atom is -0.481 e. The molecule has 0 aromatic heterocycles. The summed E-state index contributed by atoms with van der Waals surface area (Å²) in [4.78, 5) is 119. The smallest absolute Gasteiger partial charge is 0.336 e. The van der Waals surface area contributed by atoms with Crippen molar-refractivity contribution in [1.82, 2.24) is 42.3 Å². The van der Waals surface area contributed by atoms with Gasteiger partial charge in [-0.1, -0.05) is 27.7 Å². The molecule has 0 aromatic carbocycles. The number of hydrogen-bond donors (Lipinski definition) is 12. The summed E-state index contributed by atoms with van der Waals surface area (Å²) >= 11 is 0. The Labute approximate surface area is 324 Å². The lowest BCUT2D eigenvalue weighted by Crippen LogP contribution is -2.61. The number of nitrogens with zero attached hydrogens (tertiary/aromatic N) is 2. The number of carbonyl (C=O) groups is 9. The molecule has 56 heavy (non-hydrogen) atoms. The highest BCUT2D eigenvalue weighted by atomic mass is 16.4. The largest absolute Gasteiger partial charge is 0.481 e. The second-order valence-corrected chi connectivity index (χ2v) is 14.2. The Kier molecular flexibility index (Phi) is 20.0. The summed E-state index contributed by atoms with van der Waals surface area (Å²) in [6.07, 6.45) is -1.23. The minimum absolute atomic E-state index is 0.00338. The molecule has 0 aliphatic carbocycles. The lowest BCUT2D eigenvalue weighted by molar-refractivity contribution is -0.141. The molecule has 9 amide bonds. The lowest BCUT2D eigenvalue weighted by Gasteiger charge is -2.29. The number of primary amides is 1. The summed E-state index contributed by atoms with van der Waals surface area (Å²) < 4.78 is 0. The van der Waals surface area contributed by atoms with Gasteiger partial charge in [0.15, 0.2) is 5.96 Å². The molecule has 1 fully saturated rings. The van der Waals surface area contributed by atoms with Crippen LogP contribution in [0.15, 0.2) is 4.99 Å². The molecule has 0 bridgehead atoms. The molecule has 1 rings (SSSR count). The number of nitrogens with one attached hydrogen (secondary N) is 7. The number of aliphatic imine (C=N–C) groups is 1. The van der Waals surface area contributed by atoms with Crippen molar-refractivity contribution in [3.05, 3.63) is 0 Å². The van der Waals surface area contributed by atoms with Gasteiger partial charge in [0.1, 0.15) is 36.3 Å². The van der Waals surface area contributed by atoms with Crippen molar-refractivity contribution in [2.75, 3.05) is 13.1 Å². The van der Waals surface area contributed by atoms with Crippen LogP contribution in [0.1, 0.15) is 80.1 Å². The Hall–Kier alpha value is -5.74. The van der Waals surface area contributed by atoms with Crippen molar-refractivity contribution in [2.45, 2.75) is 122 Å². The Bertz CT molecular complexity index is 1470. The number of amides is 9. The standard InChI is InChI=1S/C33H58N12O11/c1-15(2)13-20(40-29(53)22-10-8-12-45(22)33(56)44-43-31(55)25(17(5)46)38-18(6)47)28(52)42-24(16(3)4)30(54)41-21(14-23(48)49)27(51)39-19(26(34)50)9-7-11-37-32(35)36/h15-17,19-22,24-25,46H,7-14H2,1-6H3,(H2,34,50)(H,38,47)(H,39,51)(H,40,53)(H,41,54)(H,42,52)(H,43,55)(H,44,56)(H,48,49)(H4,35,36,37)/t17-,19+,20+,21+,22+,24+,25+/m1/s1. The number of urea groups is 1. The van der Waals surface area contributed by atoms with Gasteiger partial charge in [0, 0.05) is 20.0 Å². The molecule has 0 spiro atoms. The topological polar surface area (TPSA) is 372 Å². The van der Waals surface area contributed by atoms with Gasteiger partial charge >= 0.3 is 12.0 Å². The zero-order chi connectivity index (χ0) is 42.9. The fourth-order valence-corrected chi connectivity index (χ4v) is 5.64. The van der Waals surface area contributed by atoms with E-state index in [9.17, 15) is 53.4 Å². The summed E-state index contributed by atoms with van der Waals surface area (Å²) in [6.45, 7) is 9.38. The molecule has 1 aliphatic rings. The summed E-state index contributed by atoms with van der Waals surface area (Å²) in [6, 6.07) is -8.76. The highest BCUT2D eigenvalue weighted by Gasteiger charge is 2.38. The van der Waals surface area contributed by atoms with E-state index in [2.05, 4.69) is 42.4 Å². The van der Waals surface area contributed by atoms with E-state index in [1.807, 2.05) is 0 Å². The first kappa shape index (κ1) is 48.3. The maximum Gasteiger partial charge on any atom is 0.336 e. The fraction of sp³-hybridized carbons (Fsp3) is 0.697. The van der Waals surface area contributed by atoms with Crippen molar-refractivity contribution in [3.8, 4) is 0 Å². The number of carbonyl (C=O) groups excluding carboxylic acids is 8. The van der Waals surface area contributed by atoms with Gasteiger partial charge in [0.25, 0.3) is 5.91 Å². The highest BCUT2D eigenvalue weighted by molar-refractivity contribution is 5.97. The van der Waals surface area contributed by atoms with E-state index in [1.165, 1.54) is 6.92 Å². The number of aliphatic carboxylic acids is 1. The van der Waals surface area contributed by atoms with Crippen LogP contribution >= 0.6 is 0 Å². The van der Waals surface area contributed by atoms with Gasteiger partial charge in [-0.15, -0.1) is 0 Å². The molecular weight excluding hydrogens is 740 g/mol. The first-order valence-electron chi connectivity index (χ1n) is 18.1. The Balaban J connectivity index is 3.10. The van der Waals surface area contributed by atoms with E-state index in [4.69, 9.17) is 17.2 Å². The predicted molar refractivity (Wildman–Crippen MR) is 199 cm³/mol. The number of hydrazine groups is 1. The first-order valence-corrected chi connectivity index (χ1v) is 18.1. The van der Waals surface area contributed by atoms with Crippen molar-refractivity contribution in [1.29, 1.82) is 0 Å². The maximum absolute atomic E-state index is 13.7. The summed E-state index contributed by atoms with van der Waals surface area (Å²) in [7, 11) is 0. The molecule has 0 unspecified atom stereocenters. The van der Waals surface area contributed by atoms with Gasteiger partial charge < -0.3 is 58.9 Å². The molecule has 0 radical (unpaired) electrons. The van der Waals surface area contributed by atoms with E-state index < -0.39 is 108 Å². The molecule has 7 atom stereocenters. The molecule has 316 valence electrons. The molecule has 0 aromatic rings. The molecular formula is C33H58N12O11. The van der Waals surface area contributed by atoms with E-state index in [-0.39, 0.29) is 50.7 Å². The van der Waals surface area contributed by atoms with Crippen LogP contribution in [0.2, 0.25) is 0 Å².